The van der Waals surface area contributed by atoms with Gasteiger partial charge in [0, 0.05) is 30.1 Å². The van der Waals surface area contributed by atoms with Crippen molar-refractivity contribution < 1.29 is 18.3 Å². The molecule has 34 heavy (non-hydrogen) atoms. The number of hydrogen-bond donors (Lipinski definition) is 3. The summed E-state index contributed by atoms with van der Waals surface area (Å²) in [6, 6.07) is 15.6. The first-order chi connectivity index (χ1) is 16.0. The van der Waals surface area contributed by atoms with Crippen LogP contribution in [0.2, 0.25) is 0 Å². The quantitative estimate of drug-likeness (QED) is 0.288. The highest BCUT2D eigenvalue weighted by molar-refractivity contribution is 5.99. The smallest absolute Gasteiger partial charge is 0.147 e. The van der Waals surface area contributed by atoms with Crippen LogP contribution in [-0.2, 0) is 13.0 Å². The second kappa shape index (κ2) is 10.2. The minimum Gasteiger partial charge on any atom is -0.388 e. The molecule has 2 heterocycles. The molecule has 1 aliphatic rings. The fourth-order valence-corrected chi connectivity index (χ4v) is 4.83. The predicted molar refractivity (Wildman–Crippen MR) is 130 cm³/mol. The van der Waals surface area contributed by atoms with Crippen LogP contribution in [0.4, 0.5) is 13.2 Å². The topological polar surface area (TPSA) is 48.0 Å². The highest BCUT2D eigenvalue weighted by Crippen LogP contribution is 2.37. The fraction of sp³-hybridized carbons (Fsp3) is 0.259. The zero-order valence-electron chi connectivity index (χ0n) is 18.5. The van der Waals surface area contributed by atoms with E-state index in [4.69, 9.17) is 0 Å². The Hall–Kier alpha value is -2.80. The summed E-state index contributed by atoms with van der Waals surface area (Å²) in [5, 5.41) is 14.7. The molecule has 0 fully saturated rings. The van der Waals surface area contributed by atoms with E-state index in [1.54, 1.807) is 24.3 Å². The highest BCUT2D eigenvalue weighted by atomic mass is 35.5. The average molecular weight is 487 g/mol. The van der Waals surface area contributed by atoms with Gasteiger partial charge in [-0.25, -0.2) is 13.2 Å². The molecular formula is C27H26ClF3N2O. The number of hydrogen-bond acceptors (Lipinski definition) is 2. The molecule has 0 bridgehead atoms. The Morgan fingerprint density at radius 2 is 1.76 bits per heavy atom. The van der Waals surface area contributed by atoms with Gasteiger partial charge in [-0.2, -0.15) is 0 Å². The summed E-state index contributed by atoms with van der Waals surface area (Å²) in [5.74, 6) is -0.961. The number of fused-ring (bicyclic) bond motifs is 3. The number of halogens is 4. The number of benzene rings is 3. The van der Waals surface area contributed by atoms with Crippen LogP contribution in [0.5, 0.6) is 0 Å². The standard InChI is InChI=1S/C27H25F3N2O.ClH/c28-18-9-7-16(8-10-18)25(33)6-2-5-20-14-24-22(15-31-20)26-21(11-12-23(30)27(26)32-24)17-3-1-4-19(29)13-17;/h1,3-4,7-13,20,25,31-33H,2,5-6,14-15H2;1H. The van der Waals surface area contributed by atoms with Crippen LogP contribution >= 0.6 is 12.4 Å². The van der Waals surface area contributed by atoms with E-state index in [0.717, 1.165) is 47.0 Å². The molecule has 4 aromatic rings. The van der Waals surface area contributed by atoms with Crippen molar-refractivity contribution in [2.24, 2.45) is 0 Å². The summed E-state index contributed by atoms with van der Waals surface area (Å²) in [5.41, 5.74) is 4.72. The number of aliphatic hydroxyl groups excluding tert-OH is 1. The second-order valence-electron chi connectivity index (χ2n) is 8.72. The molecule has 0 saturated heterocycles. The second-order valence-corrected chi connectivity index (χ2v) is 8.72. The molecule has 178 valence electrons. The largest absolute Gasteiger partial charge is 0.388 e. The summed E-state index contributed by atoms with van der Waals surface area (Å²) in [6.45, 7) is 0.590. The third-order valence-corrected chi connectivity index (χ3v) is 6.54. The van der Waals surface area contributed by atoms with Crippen LogP contribution < -0.4 is 5.32 Å². The van der Waals surface area contributed by atoms with Crippen molar-refractivity contribution in [2.45, 2.75) is 44.4 Å². The number of aliphatic hydroxyl groups is 1. The van der Waals surface area contributed by atoms with Gasteiger partial charge in [0.05, 0.1) is 11.6 Å². The minimum absolute atomic E-state index is 0. The molecule has 1 aromatic heterocycles. The molecule has 2 unspecified atom stereocenters. The number of aromatic nitrogens is 1. The van der Waals surface area contributed by atoms with Crippen LogP contribution in [0, 0.1) is 17.5 Å². The molecule has 0 spiro atoms. The van der Waals surface area contributed by atoms with E-state index in [2.05, 4.69) is 10.3 Å². The number of rotatable bonds is 6. The Bertz CT molecular complexity index is 1290. The molecule has 5 rings (SSSR count). The van der Waals surface area contributed by atoms with E-state index in [1.807, 2.05) is 6.07 Å². The van der Waals surface area contributed by atoms with Gasteiger partial charge in [-0.15, -0.1) is 12.4 Å². The van der Waals surface area contributed by atoms with Crippen molar-refractivity contribution in [1.82, 2.24) is 10.3 Å². The van der Waals surface area contributed by atoms with E-state index >= 15 is 0 Å². The van der Waals surface area contributed by atoms with Crippen LogP contribution in [0.15, 0.2) is 60.7 Å². The van der Waals surface area contributed by atoms with Crippen LogP contribution in [0.25, 0.3) is 22.0 Å². The lowest BCUT2D eigenvalue weighted by Gasteiger charge is -2.25. The van der Waals surface area contributed by atoms with Gasteiger partial charge in [0.1, 0.15) is 17.5 Å². The number of aromatic amines is 1. The SMILES string of the molecule is Cl.OC(CCCC1Cc2[nH]c3c(F)ccc(-c4cccc(F)c4)c3c2CN1)c1ccc(F)cc1. The van der Waals surface area contributed by atoms with Crippen molar-refractivity contribution in [3.05, 3.63) is 94.9 Å². The fourth-order valence-electron chi connectivity index (χ4n) is 4.83. The highest BCUT2D eigenvalue weighted by Gasteiger charge is 2.25. The molecule has 3 aromatic carbocycles. The first-order valence-electron chi connectivity index (χ1n) is 11.2. The van der Waals surface area contributed by atoms with Crippen molar-refractivity contribution in [1.29, 1.82) is 0 Å². The predicted octanol–water partition coefficient (Wildman–Crippen LogP) is 6.59. The van der Waals surface area contributed by atoms with Crippen LogP contribution in [0.1, 0.15) is 42.2 Å². The van der Waals surface area contributed by atoms with Gasteiger partial charge in [-0.05, 0) is 71.8 Å². The van der Waals surface area contributed by atoms with Gasteiger partial charge in [-0.1, -0.05) is 30.3 Å². The van der Waals surface area contributed by atoms with Gasteiger partial charge in [0.15, 0.2) is 0 Å². The van der Waals surface area contributed by atoms with E-state index in [-0.39, 0.29) is 35.9 Å². The lowest BCUT2D eigenvalue weighted by atomic mass is 9.93. The molecule has 1 aliphatic heterocycles. The first-order valence-corrected chi connectivity index (χ1v) is 11.2. The molecule has 2 atom stereocenters. The molecular weight excluding hydrogens is 461 g/mol. The minimum atomic E-state index is -0.624. The van der Waals surface area contributed by atoms with Gasteiger partial charge >= 0.3 is 0 Å². The van der Waals surface area contributed by atoms with E-state index in [1.165, 1.54) is 30.3 Å². The van der Waals surface area contributed by atoms with Crippen molar-refractivity contribution >= 4 is 23.3 Å². The Labute approximate surface area is 202 Å². The lowest BCUT2D eigenvalue weighted by molar-refractivity contribution is 0.161. The molecule has 3 nitrogen and oxygen atoms in total. The third kappa shape index (κ3) is 4.85. The van der Waals surface area contributed by atoms with Crippen molar-refractivity contribution in [3.63, 3.8) is 0 Å². The monoisotopic (exact) mass is 486 g/mol. The van der Waals surface area contributed by atoms with E-state index in [9.17, 15) is 18.3 Å². The zero-order chi connectivity index (χ0) is 22.9. The van der Waals surface area contributed by atoms with Gasteiger partial charge in [-0.3, -0.25) is 0 Å². The Morgan fingerprint density at radius 1 is 0.971 bits per heavy atom. The number of H-pyrrole nitrogens is 1. The van der Waals surface area contributed by atoms with E-state index < -0.39 is 6.10 Å². The first kappa shape index (κ1) is 24.3. The molecule has 3 N–H and O–H groups in total. The van der Waals surface area contributed by atoms with Crippen molar-refractivity contribution in [2.75, 3.05) is 0 Å². The summed E-state index contributed by atoms with van der Waals surface area (Å²) >= 11 is 0. The molecule has 0 amide bonds. The van der Waals surface area contributed by atoms with Crippen molar-refractivity contribution in [3.8, 4) is 11.1 Å². The maximum Gasteiger partial charge on any atom is 0.147 e. The van der Waals surface area contributed by atoms with Crippen LogP contribution in [-0.4, -0.2) is 16.1 Å². The third-order valence-electron chi connectivity index (χ3n) is 6.54. The average Bonchev–Trinajstić information content (AvgIpc) is 3.19. The summed E-state index contributed by atoms with van der Waals surface area (Å²) < 4.78 is 41.5. The molecule has 0 radical (unpaired) electrons. The number of nitrogens with one attached hydrogen (secondary N) is 2. The Morgan fingerprint density at radius 3 is 2.53 bits per heavy atom. The maximum absolute atomic E-state index is 14.6. The van der Waals surface area contributed by atoms with E-state index in [0.29, 0.717) is 24.0 Å². The maximum atomic E-state index is 14.6. The summed E-state index contributed by atoms with van der Waals surface area (Å²) in [7, 11) is 0. The summed E-state index contributed by atoms with van der Waals surface area (Å²) in [4.78, 5) is 3.28. The summed E-state index contributed by atoms with van der Waals surface area (Å²) in [6.07, 6.45) is 2.34. The lowest BCUT2D eigenvalue weighted by Crippen LogP contribution is -2.35. The van der Waals surface area contributed by atoms with Gasteiger partial charge in [0.2, 0.25) is 0 Å². The van der Waals surface area contributed by atoms with Gasteiger partial charge < -0.3 is 15.4 Å². The molecule has 0 saturated carbocycles. The van der Waals surface area contributed by atoms with Gasteiger partial charge in [0.25, 0.3) is 0 Å². The zero-order valence-corrected chi connectivity index (χ0v) is 19.3. The van der Waals surface area contributed by atoms with Crippen LogP contribution in [0.3, 0.4) is 0 Å². The Balaban J connectivity index is 0.00000274. The normalized spacial score (nSPS) is 16.2. The molecule has 0 aliphatic carbocycles. The Kier molecular flexibility index (Phi) is 7.31. The molecule has 7 heteroatoms.